The third-order valence-corrected chi connectivity index (χ3v) is 3.53. The van der Waals surface area contributed by atoms with E-state index in [0.29, 0.717) is 0 Å². The van der Waals surface area contributed by atoms with Crippen molar-refractivity contribution in [2.24, 2.45) is 0 Å². The summed E-state index contributed by atoms with van der Waals surface area (Å²) in [7, 11) is 0. The minimum atomic E-state index is 1.07. The Morgan fingerprint density at radius 2 is 2.19 bits per heavy atom. The Hall–Kier alpha value is -0.930. The minimum Gasteiger partial charge on any atom is -0.350 e. The first-order valence-corrected chi connectivity index (χ1v) is 6.80. The van der Waals surface area contributed by atoms with Crippen molar-refractivity contribution in [1.82, 2.24) is 10.3 Å². The van der Waals surface area contributed by atoms with Gasteiger partial charge in [-0.1, -0.05) is 25.1 Å². The molecule has 3 heteroatoms. The molecule has 0 atom stereocenters. The van der Waals surface area contributed by atoms with Crippen LogP contribution in [0.3, 0.4) is 0 Å². The number of rotatable bonds is 6. The van der Waals surface area contributed by atoms with Crippen LogP contribution in [0.15, 0.2) is 35.4 Å². The molecule has 86 valence electrons. The van der Waals surface area contributed by atoms with Gasteiger partial charge in [0, 0.05) is 16.7 Å². The largest absolute Gasteiger partial charge is 0.350 e. The van der Waals surface area contributed by atoms with Gasteiger partial charge < -0.3 is 10.3 Å². The number of nitrogens with one attached hydrogen (secondary N) is 2. The molecule has 2 aromatic rings. The van der Waals surface area contributed by atoms with E-state index >= 15 is 0 Å². The van der Waals surface area contributed by atoms with Gasteiger partial charge in [-0.25, -0.2) is 0 Å². The monoisotopic (exact) mass is 234 g/mol. The van der Waals surface area contributed by atoms with Gasteiger partial charge in [0.05, 0.1) is 5.03 Å². The van der Waals surface area contributed by atoms with Crippen LogP contribution in [0.1, 0.15) is 13.3 Å². The summed E-state index contributed by atoms with van der Waals surface area (Å²) in [6.07, 6.45) is 1.22. The number of hydrogen-bond donors (Lipinski definition) is 2. The third-order valence-electron chi connectivity index (χ3n) is 2.51. The molecule has 1 heterocycles. The summed E-state index contributed by atoms with van der Waals surface area (Å²) < 4.78 is 0. The zero-order valence-electron chi connectivity index (χ0n) is 9.62. The van der Waals surface area contributed by atoms with E-state index in [1.54, 1.807) is 0 Å². The molecule has 2 N–H and O–H groups in total. The van der Waals surface area contributed by atoms with E-state index in [1.807, 2.05) is 11.8 Å². The predicted octanol–water partition coefficient (Wildman–Crippen LogP) is 3.26. The molecule has 0 unspecified atom stereocenters. The zero-order valence-corrected chi connectivity index (χ0v) is 10.4. The molecule has 0 radical (unpaired) electrons. The molecule has 0 bridgehead atoms. The third kappa shape index (κ3) is 3.03. The fourth-order valence-electron chi connectivity index (χ4n) is 1.68. The Labute approximate surface area is 101 Å². The first kappa shape index (κ1) is 11.6. The smallest absolute Gasteiger partial charge is 0.0732 e. The van der Waals surface area contributed by atoms with E-state index in [4.69, 9.17) is 0 Å². The summed E-state index contributed by atoms with van der Waals surface area (Å²) in [6.45, 7) is 4.33. The maximum atomic E-state index is 3.43. The lowest BCUT2D eigenvalue weighted by Crippen LogP contribution is -2.14. The first-order chi connectivity index (χ1) is 7.90. The highest BCUT2D eigenvalue weighted by Gasteiger charge is 1.99. The molecule has 0 aliphatic heterocycles. The number of thioether (sulfide) groups is 1. The second kappa shape index (κ2) is 5.97. The average Bonchev–Trinajstić information content (AvgIpc) is 2.71. The van der Waals surface area contributed by atoms with Gasteiger partial charge in [-0.2, -0.15) is 0 Å². The molecule has 1 aromatic heterocycles. The van der Waals surface area contributed by atoms with Crippen LogP contribution in [0.4, 0.5) is 0 Å². The van der Waals surface area contributed by atoms with Crippen molar-refractivity contribution in [2.45, 2.75) is 18.4 Å². The van der Waals surface area contributed by atoms with Crippen LogP contribution < -0.4 is 5.32 Å². The second-order valence-corrected chi connectivity index (χ2v) is 4.91. The lowest BCUT2D eigenvalue weighted by molar-refractivity contribution is 0.707. The van der Waals surface area contributed by atoms with Gasteiger partial charge >= 0.3 is 0 Å². The molecule has 16 heavy (non-hydrogen) atoms. The summed E-state index contributed by atoms with van der Waals surface area (Å²) in [5, 5.41) is 5.92. The summed E-state index contributed by atoms with van der Waals surface area (Å²) in [6, 6.07) is 10.6. The predicted molar refractivity (Wildman–Crippen MR) is 72.2 cm³/mol. The average molecular weight is 234 g/mol. The normalized spacial score (nSPS) is 11.1. The zero-order chi connectivity index (χ0) is 11.2. The lowest BCUT2D eigenvalue weighted by Gasteiger charge is -2.00. The number of H-pyrrole nitrogens is 1. The highest BCUT2D eigenvalue weighted by Crippen LogP contribution is 2.23. The van der Waals surface area contributed by atoms with Crippen LogP contribution in [-0.4, -0.2) is 23.8 Å². The summed E-state index contributed by atoms with van der Waals surface area (Å²) in [5.74, 6) is 1.17. The summed E-state index contributed by atoms with van der Waals surface area (Å²) in [5.41, 5.74) is 1.23. The molecule has 1 aromatic carbocycles. The van der Waals surface area contributed by atoms with Crippen molar-refractivity contribution < 1.29 is 0 Å². The van der Waals surface area contributed by atoms with E-state index in [9.17, 15) is 0 Å². The SMILES string of the molecule is CCNCCCSc1cc2ccccc2[nH]1. The molecule has 0 saturated heterocycles. The second-order valence-electron chi connectivity index (χ2n) is 3.78. The molecule has 0 spiro atoms. The van der Waals surface area contributed by atoms with E-state index in [1.165, 1.54) is 28.1 Å². The fourth-order valence-corrected chi connectivity index (χ4v) is 2.58. The highest BCUT2D eigenvalue weighted by molar-refractivity contribution is 7.99. The number of aromatic amines is 1. The molecule has 0 aliphatic rings. The van der Waals surface area contributed by atoms with Crippen molar-refractivity contribution in [2.75, 3.05) is 18.8 Å². The van der Waals surface area contributed by atoms with Crippen molar-refractivity contribution in [3.8, 4) is 0 Å². The number of benzene rings is 1. The quantitative estimate of drug-likeness (QED) is 0.593. The summed E-state index contributed by atoms with van der Waals surface area (Å²) >= 11 is 1.90. The molecule has 2 nitrogen and oxygen atoms in total. The Morgan fingerprint density at radius 1 is 1.31 bits per heavy atom. The van der Waals surface area contributed by atoms with Crippen LogP contribution in [-0.2, 0) is 0 Å². The molecule has 0 aliphatic carbocycles. The lowest BCUT2D eigenvalue weighted by atomic mass is 10.3. The Balaban J connectivity index is 1.85. The van der Waals surface area contributed by atoms with Crippen molar-refractivity contribution in [1.29, 1.82) is 0 Å². The number of aromatic nitrogens is 1. The van der Waals surface area contributed by atoms with Gasteiger partial charge in [-0.15, -0.1) is 11.8 Å². The van der Waals surface area contributed by atoms with Crippen LogP contribution in [0.25, 0.3) is 10.9 Å². The molecule has 2 rings (SSSR count). The van der Waals surface area contributed by atoms with Crippen LogP contribution >= 0.6 is 11.8 Å². The van der Waals surface area contributed by atoms with Gasteiger partial charge in [-0.3, -0.25) is 0 Å². The number of fused-ring (bicyclic) bond motifs is 1. The van der Waals surface area contributed by atoms with E-state index in [-0.39, 0.29) is 0 Å². The molecule has 0 fully saturated rings. The van der Waals surface area contributed by atoms with E-state index in [0.717, 1.165) is 13.1 Å². The van der Waals surface area contributed by atoms with Crippen molar-refractivity contribution in [3.63, 3.8) is 0 Å². The van der Waals surface area contributed by atoms with E-state index < -0.39 is 0 Å². The van der Waals surface area contributed by atoms with Crippen molar-refractivity contribution >= 4 is 22.7 Å². The molecular formula is C13H18N2S. The van der Waals surface area contributed by atoms with Gasteiger partial charge in [0.2, 0.25) is 0 Å². The fraction of sp³-hybridized carbons (Fsp3) is 0.385. The standard InChI is InChI=1S/C13H18N2S/c1-2-14-8-5-9-16-13-10-11-6-3-4-7-12(11)15-13/h3-4,6-7,10,14-15H,2,5,8-9H2,1H3. The number of hydrogen-bond acceptors (Lipinski definition) is 2. The van der Waals surface area contributed by atoms with Crippen LogP contribution in [0, 0.1) is 0 Å². The topological polar surface area (TPSA) is 27.8 Å². The maximum Gasteiger partial charge on any atom is 0.0732 e. The Bertz CT molecular complexity index is 403. The van der Waals surface area contributed by atoms with Gasteiger partial charge in [-0.05, 0) is 31.6 Å². The van der Waals surface area contributed by atoms with Gasteiger partial charge in [0.1, 0.15) is 0 Å². The molecule has 0 saturated carbocycles. The highest BCUT2D eigenvalue weighted by atomic mass is 32.2. The molecule has 0 amide bonds. The van der Waals surface area contributed by atoms with E-state index in [2.05, 4.69) is 47.6 Å². The van der Waals surface area contributed by atoms with Crippen LogP contribution in [0.2, 0.25) is 0 Å². The maximum absolute atomic E-state index is 3.43. The summed E-state index contributed by atoms with van der Waals surface area (Å²) in [4.78, 5) is 3.43. The van der Waals surface area contributed by atoms with Crippen LogP contribution in [0.5, 0.6) is 0 Å². The first-order valence-electron chi connectivity index (χ1n) is 5.81. The Kier molecular flexibility index (Phi) is 4.31. The number of para-hydroxylation sites is 1. The van der Waals surface area contributed by atoms with Gasteiger partial charge in [0.25, 0.3) is 0 Å². The minimum absolute atomic E-state index is 1.07. The Morgan fingerprint density at radius 3 is 3.00 bits per heavy atom. The van der Waals surface area contributed by atoms with Gasteiger partial charge in [0.15, 0.2) is 0 Å². The van der Waals surface area contributed by atoms with Crippen molar-refractivity contribution in [3.05, 3.63) is 30.3 Å². The molecular weight excluding hydrogens is 216 g/mol.